The summed E-state index contributed by atoms with van der Waals surface area (Å²) < 4.78 is 0. The number of para-hydroxylation sites is 1. The van der Waals surface area contributed by atoms with Gasteiger partial charge in [0.05, 0.1) is 23.1 Å². The fraction of sp³-hybridized carbons (Fsp3) is 0.143. The quantitative estimate of drug-likeness (QED) is 0.606. The highest BCUT2D eigenvalue weighted by atomic mass is 15.5. The van der Waals surface area contributed by atoms with E-state index in [-0.39, 0.29) is 0 Å². The minimum Gasteiger partial charge on any atom is -0.323 e. The van der Waals surface area contributed by atoms with Gasteiger partial charge in [-0.15, -0.1) is 0 Å². The lowest BCUT2D eigenvalue weighted by Gasteiger charge is -2.14. The number of pyridine rings is 1. The van der Waals surface area contributed by atoms with Crippen LogP contribution in [0.15, 0.2) is 36.5 Å². The molecule has 2 N–H and O–H groups in total. The number of nitrogens with zero attached hydrogens (tertiary/aromatic N) is 3. The van der Waals surface area contributed by atoms with Crippen molar-refractivity contribution in [3.05, 3.63) is 47.8 Å². The summed E-state index contributed by atoms with van der Waals surface area (Å²) in [4.78, 5) is 6.13. The van der Waals surface area contributed by atoms with E-state index in [1.165, 1.54) is 10.4 Å². The Labute approximate surface area is 104 Å². The predicted octanol–water partition coefficient (Wildman–Crippen LogP) is 1.91. The van der Waals surface area contributed by atoms with Crippen LogP contribution in [0.1, 0.15) is 11.3 Å². The van der Waals surface area contributed by atoms with Gasteiger partial charge >= 0.3 is 0 Å². The Morgan fingerprint density at radius 2 is 2.06 bits per heavy atom. The molecule has 88 valence electrons. The van der Waals surface area contributed by atoms with Crippen molar-refractivity contribution in [2.24, 2.45) is 0 Å². The largest absolute Gasteiger partial charge is 0.323 e. The zero-order valence-corrected chi connectivity index (χ0v) is 9.80. The van der Waals surface area contributed by atoms with E-state index in [0.717, 1.165) is 40.7 Å². The summed E-state index contributed by atoms with van der Waals surface area (Å²) in [6.07, 6.45) is 3.82. The van der Waals surface area contributed by atoms with Gasteiger partial charge in [0.1, 0.15) is 0 Å². The van der Waals surface area contributed by atoms with Crippen molar-refractivity contribution in [2.45, 2.75) is 12.8 Å². The third-order valence-corrected chi connectivity index (χ3v) is 3.50. The van der Waals surface area contributed by atoms with Gasteiger partial charge in [0.15, 0.2) is 0 Å². The molecule has 0 bridgehead atoms. The maximum absolute atomic E-state index is 5.71. The molecule has 2 heterocycles. The number of fused-ring (bicyclic) bond motifs is 4. The Kier molecular flexibility index (Phi) is 1.78. The number of hydrogen-bond acceptors (Lipinski definition) is 3. The monoisotopic (exact) mass is 236 g/mol. The molecule has 4 nitrogen and oxygen atoms in total. The Morgan fingerprint density at radius 1 is 1.17 bits per heavy atom. The highest BCUT2D eigenvalue weighted by molar-refractivity contribution is 5.85. The molecule has 4 rings (SSSR count). The second-order valence-electron chi connectivity index (χ2n) is 4.66. The zero-order chi connectivity index (χ0) is 12.1. The van der Waals surface area contributed by atoms with E-state index < -0.39 is 0 Å². The predicted molar refractivity (Wildman–Crippen MR) is 70.5 cm³/mol. The summed E-state index contributed by atoms with van der Waals surface area (Å²) in [6, 6.07) is 10.3. The van der Waals surface area contributed by atoms with Crippen LogP contribution in [0.5, 0.6) is 0 Å². The number of nitrogens with two attached hydrogens (primary N) is 1. The number of benzene rings is 1. The van der Waals surface area contributed by atoms with E-state index in [9.17, 15) is 0 Å². The Balaban J connectivity index is 2.05. The number of hydrogen-bond donors (Lipinski definition) is 1. The van der Waals surface area contributed by atoms with Crippen LogP contribution in [-0.4, -0.2) is 14.9 Å². The lowest BCUT2D eigenvalue weighted by atomic mass is 9.93. The van der Waals surface area contributed by atoms with E-state index in [1.54, 1.807) is 0 Å². The molecule has 0 radical (unpaired) electrons. The van der Waals surface area contributed by atoms with Crippen molar-refractivity contribution in [2.75, 3.05) is 5.84 Å². The molecule has 3 aromatic rings. The Bertz CT molecular complexity index is 758. The Hall–Kier alpha value is -2.36. The van der Waals surface area contributed by atoms with E-state index >= 15 is 0 Å². The minimum absolute atomic E-state index is 0.957. The molecule has 0 saturated heterocycles. The average molecular weight is 236 g/mol. The summed E-state index contributed by atoms with van der Waals surface area (Å²) >= 11 is 0. The minimum atomic E-state index is 0.957. The van der Waals surface area contributed by atoms with E-state index in [2.05, 4.69) is 17.2 Å². The smallest absolute Gasteiger partial charge is 0.0994 e. The lowest BCUT2D eigenvalue weighted by molar-refractivity contribution is 0.835. The van der Waals surface area contributed by atoms with Crippen molar-refractivity contribution in [1.29, 1.82) is 0 Å². The van der Waals surface area contributed by atoms with Gasteiger partial charge in [0, 0.05) is 16.5 Å². The number of rotatable bonds is 0. The van der Waals surface area contributed by atoms with Crippen LogP contribution in [0.4, 0.5) is 0 Å². The fourth-order valence-electron chi connectivity index (χ4n) is 2.64. The van der Waals surface area contributed by atoms with Crippen LogP contribution in [0, 0.1) is 0 Å². The van der Waals surface area contributed by atoms with Crippen LogP contribution < -0.4 is 5.84 Å². The van der Waals surface area contributed by atoms with Crippen molar-refractivity contribution in [3.8, 4) is 11.3 Å². The first-order valence-corrected chi connectivity index (χ1v) is 6.04. The molecule has 2 aromatic heterocycles. The third kappa shape index (κ3) is 1.26. The molecule has 1 aromatic carbocycles. The summed E-state index contributed by atoms with van der Waals surface area (Å²) in [6.45, 7) is 0. The molecule has 0 unspecified atom stereocenters. The molecule has 0 saturated carbocycles. The molecular weight excluding hydrogens is 224 g/mol. The van der Waals surface area contributed by atoms with Gasteiger partial charge < -0.3 is 5.84 Å². The molecule has 4 heteroatoms. The number of nitrogen functional groups attached to an aromatic ring is 1. The summed E-state index contributed by atoms with van der Waals surface area (Å²) in [5.74, 6) is 5.71. The van der Waals surface area contributed by atoms with Gasteiger partial charge in [-0.05, 0) is 25.0 Å². The molecule has 1 aliphatic carbocycles. The van der Waals surface area contributed by atoms with Gasteiger partial charge in [-0.3, -0.25) is 4.98 Å². The molecule has 18 heavy (non-hydrogen) atoms. The normalized spacial score (nSPS) is 13.3. The van der Waals surface area contributed by atoms with Crippen LogP contribution in [-0.2, 0) is 12.8 Å². The standard InChI is InChI=1S/C14H12N4/c15-18-8-10-5-6-13-11(14(10)17-18)7-9-3-1-2-4-12(9)16-13/h1-4,7-8H,5-6,15H2. The SMILES string of the molecule is Nn1cc2c(n1)-c1cc3ccccc3nc1CC2. The van der Waals surface area contributed by atoms with Gasteiger partial charge in [-0.1, -0.05) is 18.2 Å². The molecule has 0 spiro atoms. The van der Waals surface area contributed by atoms with Crippen LogP contribution in [0.25, 0.3) is 22.2 Å². The summed E-state index contributed by atoms with van der Waals surface area (Å²) in [5.41, 5.74) is 5.49. The van der Waals surface area contributed by atoms with Crippen LogP contribution >= 0.6 is 0 Å². The second-order valence-corrected chi connectivity index (χ2v) is 4.66. The van der Waals surface area contributed by atoms with Crippen LogP contribution in [0.3, 0.4) is 0 Å². The first-order valence-electron chi connectivity index (χ1n) is 6.04. The fourth-order valence-corrected chi connectivity index (χ4v) is 2.64. The van der Waals surface area contributed by atoms with Gasteiger partial charge in [0.25, 0.3) is 0 Å². The Morgan fingerprint density at radius 3 is 3.00 bits per heavy atom. The molecule has 0 aliphatic heterocycles. The molecular formula is C14H12N4. The molecule has 0 amide bonds. The zero-order valence-electron chi connectivity index (χ0n) is 9.80. The maximum atomic E-state index is 5.71. The maximum Gasteiger partial charge on any atom is 0.0994 e. The first-order chi connectivity index (χ1) is 8.81. The summed E-state index contributed by atoms with van der Waals surface area (Å²) in [7, 11) is 0. The van der Waals surface area contributed by atoms with Crippen molar-refractivity contribution in [1.82, 2.24) is 14.9 Å². The van der Waals surface area contributed by atoms with E-state index in [1.807, 2.05) is 24.4 Å². The highest BCUT2D eigenvalue weighted by Crippen LogP contribution is 2.32. The van der Waals surface area contributed by atoms with Crippen molar-refractivity contribution >= 4 is 10.9 Å². The van der Waals surface area contributed by atoms with E-state index in [4.69, 9.17) is 10.8 Å². The lowest BCUT2D eigenvalue weighted by Crippen LogP contribution is -2.08. The topological polar surface area (TPSA) is 56.7 Å². The van der Waals surface area contributed by atoms with Crippen LogP contribution in [0.2, 0.25) is 0 Å². The van der Waals surface area contributed by atoms with Gasteiger partial charge in [0.2, 0.25) is 0 Å². The molecule has 0 atom stereocenters. The first kappa shape index (κ1) is 9.65. The van der Waals surface area contributed by atoms with Crippen molar-refractivity contribution in [3.63, 3.8) is 0 Å². The van der Waals surface area contributed by atoms with Gasteiger partial charge in [-0.25, -0.2) is 0 Å². The molecule has 1 aliphatic rings. The average Bonchev–Trinajstić information content (AvgIpc) is 2.77. The molecule has 0 fully saturated rings. The third-order valence-electron chi connectivity index (χ3n) is 3.50. The van der Waals surface area contributed by atoms with Crippen molar-refractivity contribution < 1.29 is 0 Å². The highest BCUT2D eigenvalue weighted by Gasteiger charge is 2.21. The second kappa shape index (κ2) is 3.32. The van der Waals surface area contributed by atoms with Gasteiger partial charge in [-0.2, -0.15) is 9.89 Å². The number of aromatic nitrogens is 3. The number of aryl methyl sites for hydroxylation is 2. The summed E-state index contributed by atoms with van der Waals surface area (Å²) in [5, 5.41) is 5.50. The van der Waals surface area contributed by atoms with E-state index in [0.29, 0.717) is 0 Å².